The lowest BCUT2D eigenvalue weighted by Crippen LogP contribution is -2.37. The summed E-state index contributed by atoms with van der Waals surface area (Å²) in [5.74, 6) is 0.00864. The number of hydrogen-bond acceptors (Lipinski definition) is 9. The van der Waals surface area contributed by atoms with Crippen molar-refractivity contribution in [1.29, 1.82) is 0 Å². The van der Waals surface area contributed by atoms with Gasteiger partial charge in [0.15, 0.2) is 23.0 Å². The van der Waals surface area contributed by atoms with E-state index in [-0.39, 0.29) is 19.0 Å². The Balaban J connectivity index is 1.66. The van der Waals surface area contributed by atoms with Crippen LogP contribution in [-0.4, -0.2) is 54.1 Å². The summed E-state index contributed by atoms with van der Waals surface area (Å²) in [7, 11) is 7.71. The highest BCUT2D eigenvalue weighted by Crippen LogP contribution is 2.56. The second-order valence-electron chi connectivity index (χ2n) is 9.66. The summed E-state index contributed by atoms with van der Waals surface area (Å²) in [6, 6.07) is 16.7. The predicted octanol–water partition coefficient (Wildman–Crippen LogP) is 4.49. The number of fused-ring (bicyclic) bond motifs is 2. The maximum Gasteiger partial charge on any atom is 0.310 e. The molecular formula is C31H32O9. The van der Waals surface area contributed by atoms with Gasteiger partial charge in [-0.1, -0.05) is 30.3 Å². The van der Waals surface area contributed by atoms with Crippen LogP contribution in [-0.2, 0) is 25.5 Å². The van der Waals surface area contributed by atoms with Crippen molar-refractivity contribution < 1.29 is 42.7 Å². The van der Waals surface area contributed by atoms with Crippen molar-refractivity contribution in [2.45, 2.75) is 18.4 Å². The van der Waals surface area contributed by atoms with Crippen molar-refractivity contribution in [3.8, 4) is 28.7 Å². The lowest BCUT2D eigenvalue weighted by molar-refractivity contribution is -0.153. The van der Waals surface area contributed by atoms with Crippen LogP contribution in [0.15, 0.2) is 54.6 Å². The predicted molar refractivity (Wildman–Crippen MR) is 144 cm³/mol. The van der Waals surface area contributed by atoms with Gasteiger partial charge in [0, 0.05) is 17.4 Å². The summed E-state index contributed by atoms with van der Waals surface area (Å²) in [5.41, 5.74) is 3.06. The number of benzene rings is 3. The van der Waals surface area contributed by atoms with E-state index in [0.29, 0.717) is 28.7 Å². The minimum atomic E-state index is -0.735. The molecule has 0 bridgehead atoms. The molecule has 0 saturated carbocycles. The largest absolute Gasteiger partial charge is 0.493 e. The molecule has 40 heavy (non-hydrogen) atoms. The van der Waals surface area contributed by atoms with Crippen molar-refractivity contribution in [2.24, 2.45) is 11.8 Å². The zero-order valence-electron chi connectivity index (χ0n) is 23.1. The van der Waals surface area contributed by atoms with E-state index in [2.05, 4.69) is 0 Å². The molecule has 9 heteroatoms. The molecule has 0 unspecified atom stereocenters. The maximum atomic E-state index is 13.3. The standard InChI is InChI=1S/C31H32O9/c1-34-22-14-19-20(15-23(22)35-2)29(40-26(32)11-17-9-7-6-8-10-17)21-16-39-31(33)28(21)27(19)18-12-24(36-3)30(38-5)25(13-18)37-4/h6-10,12-15,21,27-29H,11,16H2,1-5H3/t21-,27+,28-,29+/m0/s1. The molecule has 1 fully saturated rings. The molecule has 0 radical (unpaired) electrons. The number of carbonyl (C=O) groups is 2. The number of hydrogen-bond donors (Lipinski definition) is 0. The van der Waals surface area contributed by atoms with Gasteiger partial charge in [-0.2, -0.15) is 0 Å². The Hall–Kier alpha value is -4.40. The number of cyclic esters (lactones) is 1. The van der Waals surface area contributed by atoms with Crippen molar-refractivity contribution in [3.63, 3.8) is 0 Å². The number of methoxy groups -OCH3 is 5. The molecule has 5 rings (SSSR count). The Labute approximate surface area is 232 Å². The molecule has 0 amide bonds. The van der Waals surface area contributed by atoms with Gasteiger partial charge in [0.1, 0.15) is 6.10 Å². The molecule has 0 spiro atoms. The highest BCUT2D eigenvalue weighted by molar-refractivity contribution is 5.79. The van der Waals surface area contributed by atoms with Crippen LogP contribution >= 0.6 is 0 Å². The normalized spacial score (nSPS) is 21.0. The molecule has 1 aliphatic heterocycles. The molecule has 2 aliphatic rings. The first-order valence-corrected chi connectivity index (χ1v) is 12.9. The summed E-state index contributed by atoms with van der Waals surface area (Å²) >= 11 is 0. The molecule has 4 atom stereocenters. The third kappa shape index (κ3) is 4.76. The first-order chi connectivity index (χ1) is 19.4. The number of carbonyl (C=O) groups excluding carboxylic acids is 2. The van der Waals surface area contributed by atoms with E-state index < -0.39 is 29.8 Å². The van der Waals surface area contributed by atoms with Gasteiger partial charge >= 0.3 is 11.9 Å². The molecule has 1 heterocycles. The number of ether oxygens (including phenoxy) is 7. The molecule has 9 nitrogen and oxygen atoms in total. The third-order valence-electron chi connectivity index (χ3n) is 7.63. The second-order valence-corrected chi connectivity index (χ2v) is 9.66. The fourth-order valence-corrected chi connectivity index (χ4v) is 5.83. The van der Waals surface area contributed by atoms with Crippen molar-refractivity contribution >= 4 is 11.9 Å². The smallest absolute Gasteiger partial charge is 0.310 e. The highest BCUT2D eigenvalue weighted by Gasteiger charge is 2.54. The molecule has 0 N–H and O–H groups in total. The average Bonchev–Trinajstić information content (AvgIpc) is 3.36. The van der Waals surface area contributed by atoms with Crippen LogP contribution in [0.2, 0.25) is 0 Å². The Morgan fingerprint density at radius 2 is 1.40 bits per heavy atom. The average molecular weight is 549 g/mol. The van der Waals surface area contributed by atoms with Crippen molar-refractivity contribution in [1.82, 2.24) is 0 Å². The van der Waals surface area contributed by atoms with Gasteiger partial charge < -0.3 is 33.2 Å². The minimum Gasteiger partial charge on any atom is -0.493 e. The van der Waals surface area contributed by atoms with Crippen LogP contribution in [0.4, 0.5) is 0 Å². The SMILES string of the molecule is COc1cc2c(cc1OC)[C@@H](OC(=O)Cc1ccccc1)[C@H]1COC(=O)[C@@H]1[C@@H]2c1cc(OC)c(OC)c(OC)c1. The Bertz CT molecular complexity index is 1380. The van der Waals surface area contributed by atoms with Gasteiger partial charge in [-0.3, -0.25) is 9.59 Å². The van der Waals surface area contributed by atoms with Crippen LogP contribution in [0.25, 0.3) is 0 Å². The van der Waals surface area contributed by atoms with E-state index in [1.54, 1.807) is 28.4 Å². The first-order valence-electron chi connectivity index (χ1n) is 12.9. The topological polar surface area (TPSA) is 98.8 Å². The highest BCUT2D eigenvalue weighted by atomic mass is 16.6. The van der Waals surface area contributed by atoms with Gasteiger partial charge in [-0.05, 0) is 41.0 Å². The van der Waals surface area contributed by atoms with E-state index in [1.165, 1.54) is 7.11 Å². The van der Waals surface area contributed by atoms with E-state index in [1.807, 2.05) is 54.6 Å². The number of esters is 2. The fourth-order valence-electron chi connectivity index (χ4n) is 5.83. The van der Waals surface area contributed by atoms with Crippen molar-refractivity contribution in [2.75, 3.05) is 42.2 Å². The minimum absolute atomic E-state index is 0.0997. The van der Waals surface area contributed by atoms with Gasteiger partial charge in [0.05, 0.1) is 54.5 Å². The third-order valence-corrected chi connectivity index (χ3v) is 7.63. The monoisotopic (exact) mass is 548 g/mol. The van der Waals surface area contributed by atoms with Gasteiger partial charge in [-0.15, -0.1) is 0 Å². The van der Waals surface area contributed by atoms with E-state index in [9.17, 15) is 9.59 Å². The summed E-state index contributed by atoms with van der Waals surface area (Å²) in [6.45, 7) is 0.113. The van der Waals surface area contributed by atoms with Crippen molar-refractivity contribution in [3.05, 3.63) is 76.9 Å². The summed E-state index contributed by atoms with van der Waals surface area (Å²) in [5, 5.41) is 0. The van der Waals surface area contributed by atoms with E-state index >= 15 is 0 Å². The summed E-state index contributed by atoms with van der Waals surface area (Å²) < 4.78 is 39.7. The summed E-state index contributed by atoms with van der Waals surface area (Å²) in [4.78, 5) is 26.5. The molecule has 1 aliphatic carbocycles. The maximum absolute atomic E-state index is 13.3. The van der Waals surface area contributed by atoms with Gasteiger partial charge in [-0.25, -0.2) is 0 Å². The molecule has 3 aromatic rings. The zero-order valence-corrected chi connectivity index (χ0v) is 23.1. The first kappa shape index (κ1) is 27.2. The lowest BCUT2D eigenvalue weighted by atomic mass is 9.66. The quantitative estimate of drug-likeness (QED) is 0.358. The van der Waals surface area contributed by atoms with Crippen LogP contribution in [0.1, 0.15) is 34.3 Å². The fraction of sp³-hybridized carbons (Fsp3) is 0.355. The van der Waals surface area contributed by atoms with Crippen LogP contribution in [0.5, 0.6) is 28.7 Å². The van der Waals surface area contributed by atoms with Gasteiger partial charge in [0.25, 0.3) is 0 Å². The lowest BCUT2D eigenvalue weighted by Gasteiger charge is -2.39. The van der Waals surface area contributed by atoms with Crippen LogP contribution in [0, 0.1) is 11.8 Å². The Morgan fingerprint density at radius 1 is 0.800 bits per heavy atom. The Kier molecular flexibility index (Phi) is 7.73. The molecule has 3 aromatic carbocycles. The van der Waals surface area contributed by atoms with E-state index in [4.69, 9.17) is 33.2 Å². The molecule has 1 saturated heterocycles. The summed E-state index contributed by atoms with van der Waals surface area (Å²) in [6.07, 6.45) is -0.636. The second kappa shape index (κ2) is 11.4. The molecule has 210 valence electrons. The molecule has 0 aromatic heterocycles. The molecular weight excluding hydrogens is 516 g/mol. The van der Waals surface area contributed by atoms with Crippen LogP contribution < -0.4 is 23.7 Å². The van der Waals surface area contributed by atoms with Gasteiger partial charge in [0.2, 0.25) is 5.75 Å². The van der Waals surface area contributed by atoms with E-state index in [0.717, 1.165) is 22.3 Å². The zero-order chi connectivity index (χ0) is 28.4. The van der Waals surface area contributed by atoms with Crippen LogP contribution in [0.3, 0.4) is 0 Å². The number of rotatable bonds is 9. The Morgan fingerprint density at radius 3 is 1.98 bits per heavy atom.